The topological polar surface area (TPSA) is 41.6 Å². The molecule has 0 bridgehead atoms. The summed E-state index contributed by atoms with van der Waals surface area (Å²) >= 11 is 6.15. The van der Waals surface area contributed by atoms with E-state index in [0.29, 0.717) is 10.9 Å². The molecule has 1 N–H and O–H groups in total. The molecule has 3 aromatic carbocycles. The van der Waals surface area contributed by atoms with Gasteiger partial charge in [-0.1, -0.05) is 53.6 Å². The fraction of sp³-hybridized carbons (Fsp3) is 0.300. The number of carbonyl (C=O) groups is 1. The van der Waals surface area contributed by atoms with Crippen molar-refractivity contribution in [2.45, 2.75) is 25.8 Å². The lowest BCUT2D eigenvalue weighted by Gasteiger charge is -2.46. The molecule has 3 aromatic rings. The highest BCUT2D eigenvalue weighted by Crippen LogP contribution is 2.45. The first-order chi connectivity index (χ1) is 17.0. The number of piperidine rings is 1. The zero-order valence-corrected chi connectivity index (χ0v) is 20.9. The fourth-order valence-corrected chi connectivity index (χ4v) is 5.57. The Morgan fingerprint density at radius 3 is 2.40 bits per heavy atom. The van der Waals surface area contributed by atoms with E-state index >= 15 is 0 Å². The third-order valence-electron chi connectivity index (χ3n) is 7.34. The monoisotopic (exact) mass is 486 g/mol. The summed E-state index contributed by atoms with van der Waals surface area (Å²) in [6.07, 6.45) is 6.67. The van der Waals surface area contributed by atoms with Gasteiger partial charge in [0.25, 0.3) is 0 Å². The van der Waals surface area contributed by atoms with Crippen LogP contribution >= 0.6 is 11.6 Å². The Morgan fingerprint density at radius 1 is 1.00 bits per heavy atom. The van der Waals surface area contributed by atoms with Crippen molar-refractivity contribution < 1.29 is 9.53 Å². The zero-order valence-electron chi connectivity index (χ0n) is 20.2. The van der Waals surface area contributed by atoms with Crippen LogP contribution in [0.15, 0.2) is 84.9 Å². The molecule has 0 aromatic heterocycles. The Bertz CT molecular complexity index is 1190. The highest BCUT2D eigenvalue weighted by atomic mass is 35.5. The molecule has 0 saturated carbocycles. The van der Waals surface area contributed by atoms with Crippen molar-refractivity contribution in [2.24, 2.45) is 17.8 Å². The molecular formula is C30H31ClN2O2. The number of hydrogen-bond donors (Lipinski definition) is 1. The quantitative estimate of drug-likeness (QED) is 0.379. The second-order valence-corrected chi connectivity index (χ2v) is 9.99. The fourth-order valence-electron chi connectivity index (χ4n) is 5.45. The van der Waals surface area contributed by atoms with E-state index in [9.17, 15) is 4.79 Å². The van der Waals surface area contributed by atoms with Crippen molar-refractivity contribution in [1.29, 1.82) is 0 Å². The molecule has 35 heavy (non-hydrogen) atoms. The highest BCUT2D eigenvalue weighted by molar-refractivity contribution is 6.30. The van der Waals surface area contributed by atoms with Crippen molar-refractivity contribution >= 4 is 28.9 Å². The van der Waals surface area contributed by atoms with Gasteiger partial charge in [0.1, 0.15) is 5.75 Å². The average Bonchev–Trinajstić information content (AvgIpc) is 2.89. The number of nitrogens with one attached hydrogen (secondary N) is 1. The molecule has 5 heteroatoms. The maximum absolute atomic E-state index is 14.3. The normalized spacial score (nSPS) is 22.4. The number of fused-ring (bicyclic) bond motifs is 1. The maximum Gasteiger partial charge on any atom is 0.233 e. The Labute approximate surface area is 212 Å². The van der Waals surface area contributed by atoms with Gasteiger partial charge in [0, 0.05) is 22.9 Å². The van der Waals surface area contributed by atoms with E-state index in [2.05, 4.69) is 60.8 Å². The van der Waals surface area contributed by atoms with E-state index in [1.165, 1.54) is 5.56 Å². The lowest BCUT2D eigenvalue weighted by molar-refractivity contribution is -0.127. The minimum absolute atomic E-state index is 0.156. The molecule has 180 valence electrons. The predicted molar refractivity (Wildman–Crippen MR) is 143 cm³/mol. The maximum atomic E-state index is 14.3. The van der Waals surface area contributed by atoms with Gasteiger partial charge in [0.15, 0.2) is 0 Å². The van der Waals surface area contributed by atoms with E-state index in [1.807, 2.05) is 41.3 Å². The third kappa shape index (κ3) is 4.94. The van der Waals surface area contributed by atoms with Crippen molar-refractivity contribution in [3.8, 4) is 5.75 Å². The van der Waals surface area contributed by atoms with Crippen LogP contribution in [0, 0.1) is 24.7 Å². The van der Waals surface area contributed by atoms with E-state index in [1.54, 1.807) is 7.11 Å². The molecule has 4 atom stereocenters. The number of benzene rings is 3. The van der Waals surface area contributed by atoms with Crippen LogP contribution < -0.4 is 15.0 Å². The molecular weight excluding hydrogens is 456 g/mol. The molecule has 2 aliphatic rings. The number of anilines is 2. The highest BCUT2D eigenvalue weighted by Gasteiger charge is 2.46. The van der Waals surface area contributed by atoms with Crippen LogP contribution in [0.5, 0.6) is 5.75 Å². The Kier molecular flexibility index (Phi) is 6.83. The Hall–Kier alpha value is -3.24. The molecule has 1 unspecified atom stereocenters. The first kappa shape index (κ1) is 23.5. The Morgan fingerprint density at radius 2 is 1.71 bits per heavy atom. The second kappa shape index (κ2) is 10.2. The van der Waals surface area contributed by atoms with Crippen LogP contribution in [0.2, 0.25) is 5.02 Å². The number of amides is 1. The minimum atomic E-state index is -0.254. The van der Waals surface area contributed by atoms with Crippen molar-refractivity contribution in [2.75, 3.05) is 23.9 Å². The van der Waals surface area contributed by atoms with Crippen LogP contribution in [-0.2, 0) is 4.79 Å². The summed E-state index contributed by atoms with van der Waals surface area (Å²) in [7, 11) is 1.67. The summed E-state index contributed by atoms with van der Waals surface area (Å²) in [5, 5.41) is 4.38. The lowest BCUT2D eigenvalue weighted by Crippen LogP contribution is -2.53. The minimum Gasteiger partial charge on any atom is -0.497 e. The zero-order chi connectivity index (χ0) is 24.4. The van der Waals surface area contributed by atoms with E-state index in [4.69, 9.17) is 16.3 Å². The molecule has 5 rings (SSSR count). The number of rotatable bonds is 6. The van der Waals surface area contributed by atoms with Gasteiger partial charge < -0.3 is 15.0 Å². The van der Waals surface area contributed by atoms with Crippen molar-refractivity contribution in [3.05, 3.63) is 101 Å². The van der Waals surface area contributed by atoms with Crippen LogP contribution in [-0.4, -0.2) is 19.6 Å². The third-order valence-corrected chi connectivity index (χ3v) is 7.59. The molecule has 1 aliphatic heterocycles. The largest absolute Gasteiger partial charge is 0.497 e. The second-order valence-electron chi connectivity index (χ2n) is 9.56. The number of carbonyl (C=O) groups excluding carboxylic acids is 1. The van der Waals surface area contributed by atoms with Crippen LogP contribution in [0.4, 0.5) is 11.4 Å². The standard InChI is InChI=1S/C30H31ClN2O2/c1-20-7-15-25(16-8-20)33-19-22-5-3-4-6-27(22)28(30(33)34)29(21-9-17-26(35-2)18-10-21)32-24-13-11-23(31)12-14-24/h4,6-18,22,27-29,32H,3,5,19H2,1-2H3/t22-,27-,28+,29?/m0/s1. The van der Waals surface area contributed by atoms with Gasteiger partial charge in [0.05, 0.1) is 19.1 Å². The molecule has 1 saturated heterocycles. The molecule has 1 amide bonds. The molecule has 1 heterocycles. The average molecular weight is 487 g/mol. The van der Waals surface area contributed by atoms with Gasteiger partial charge in [-0.25, -0.2) is 0 Å². The number of methoxy groups -OCH3 is 1. The van der Waals surface area contributed by atoms with Gasteiger partial charge in [-0.3, -0.25) is 4.79 Å². The number of aryl methyl sites for hydroxylation is 1. The lowest BCUT2D eigenvalue weighted by atomic mass is 9.68. The summed E-state index contributed by atoms with van der Waals surface area (Å²) in [4.78, 5) is 16.3. The number of halogens is 1. The van der Waals surface area contributed by atoms with Crippen LogP contribution in [0.25, 0.3) is 0 Å². The smallest absolute Gasteiger partial charge is 0.233 e. The number of hydrogen-bond acceptors (Lipinski definition) is 3. The Balaban J connectivity index is 1.58. The molecule has 4 nitrogen and oxygen atoms in total. The SMILES string of the molecule is COc1ccc(C(Nc2ccc(Cl)cc2)[C@@H]2C(=O)N(c3ccc(C)cc3)C[C@@H]3CCC=C[C@@H]32)cc1. The van der Waals surface area contributed by atoms with Gasteiger partial charge in [-0.2, -0.15) is 0 Å². The first-order valence-corrected chi connectivity index (χ1v) is 12.6. The predicted octanol–water partition coefficient (Wildman–Crippen LogP) is 7.06. The number of allylic oxidation sites excluding steroid dienone is 2. The molecule has 1 fully saturated rings. The summed E-state index contributed by atoms with van der Waals surface area (Å²) in [5.41, 5.74) is 4.15. The van der Waals surface area contributed by atoms with E-state index < -0.39 is 0 Å². The van der Waals surface area contributed by atoms with Gasteiger partial charge in [0.2, 0.25) is 5.91 Å². The molecule has 1 aliphatic carbocycles. The number of ether oxygens (including phenoxy) is 1. The molecule has 0 radical (unpaired) electrons. The van der Waals surface area contributed by atoms with Gasteiger partial charge >= 0.3 is 0 Å². The molecule has 0 spiro atoms. The summed E-state index contributed by atoms with van der Waals surface area (Å²) < 4.78 is 5.40. The van der Waals surface area contributed by atoms with E-state index in [0.717, 1.165) is 42.1 Å². The van der Waals surface area contributed by atoms with Crippen molar-refractivity contribution in [1.82, 2.24) is 0 Å². The summed E-state index contributed by atoms with van der Waals surface area (Å²) in [6, 6.07) is 23.8. The van der Waals surface area contributed by atoms with Crippen molar-refractivity contribution in [3.63, 3.8) is 0 Å². The summed E-state index contributed by atoms with van der Waals surface area (Å²) in [6.45, 7) is 2.83. The van der Waals surface area contributed by atoms with Crippen LogP contribution in [0.3, 0.4) is 0 Å². The van der Waals surface area contributed by atoms with Crippen LogP contribution in [0.1, 0.15) is 30.0 Å². The van der Waals surface area contributed by atoms with Gasteiger partial charge in [-0.15, -0.1) is 0 Å². The van der Waals surface area contributed by atoms with Gasteiger partial charge in [-0.05, 0) is 85.7 Å². The van der Waals surface area contributed by atoms with E-state index in [-0.39, 0.29) is 23.8 Å². The summed E-state index contributed by atoms with van der Waals surface area (Å²) in [5.74, 6) is 1.28. The number of nitrogens with zero attached hydrogens (tertiary/aromatic N) is 1. The first-order valence-electron chi connectivity index (χ1n) is 12.2.